The minimum absolute atomic E-state index is 0.0311. The Morgan fingerprint density at radius 2 is 1.70 bits per heavy atom. The molecule has 0 fully saturated rings. The molecule has 0 heterocycles. The standard InChI is InChI=1S/C18H20O2/c1-12(2)18(19)15-7-5-14(6-8-15)17-10-9-16(20-4)11-13(17)3/h5-12H,1-4H3. The molecule has 0 atom stereocenters. The molecule has 2 aromatic carbocycles. The first-order chi connectivity index (χ1) is 9.52. The van der Waals surface area contributed by atoms with E-state index >= 15 is 0 Å². The van der Waals surface area contributed by atoms with Gasteiger partial charge in [-0.2, -0.15) is 0 Å². The Hall–Kier alpha value is -2.09. The average Bonchev–Trinajstić information content (AvgIpc) is 2.46. The Labute approximate surface area is 120 Å². The van der Waals surface area contributed by atoms with Crippen molar-refractivity contribution in [3.05, 3.63) is 53.6 Å². The molecule has 0 aliphatic carbocycles. The predicted octanol–water partition coefficient (Wildman–Crippen LogP) is 4.51. The Bertz CT molecular complexity index is 610. The van der Waals surface area contributed by atoms with Crippen LogP contribution in [-0.4, -0.2) is 12.9 Å². The molecule has 0 spiro atoms. The van der Waals surface area contributed by atoms with Crippen LogP contribution in [0, 0.1) is 12.8 Å². The summed E-state index contributed by atoms with van der Waals surface area (Å²) < 4.78 is 5.22. The Kier molecular flexibility index (Phi) is 4.23. The third-order valence-electron chi connectivity index (χ3n) is 3.44. The van der Waals surface area contributed by atoms with E-state index < -0.39 is 0 Å². The Morgan fingerprint density at radius 3 is 2.20 bits per heavy atom. The summed E-state index contributed by atoms with van der Waals surface area (Å²) in [6.45, 7) is 5.90. The first kappa shape index (κ1) is 14.3. The molecule has 2 rings (SSSR count). The van der Waals surface area contributed by atoms with Crippen LogP contribution in [0.2, 0.25) is 0 Å². The Morgan fingerprint density at radius 1 is 1.05 bits per heavy atom. The van der Waals surface area contributed by atoms with Crippen molar-refractivity contribution in [1.82, 2.24) is 0 Å². The number of Topliss-reactive ketones (excluding diaryl/α,β-unsaturated/α-hetero) is 1. The van der Waals surface area contributed by atoms with Crippen LogP contribution in [0.5, 0.6) is 5.75 Å². The maximum Gasteiger partial charge on any atom is 0.165 e. The zero-order chi connectivity index (χ0) is 14.7. The number of rotatable bonds is 4. The van der Waals surface area contributed by atoms with E-state index in [4.69, 9.17) is 4.74 Å². The van der Waals surface area contributed by atoms with E-state index in [9.17, 15) is 4.79 Å². The molecule has 2 aromatic rings. The van der Waals surface area contributed by atoms with Crippen molar-refractivity contribution in [3.63, 3.8) is 0 Å². The number of ketones is 1. The van der Waals surface area contributed by atoms with Crippen LogP contribution in [0.3, 0.4) is 0 Å². The summed E-state index contributed by atoms with van der Waals surface area (Å²) in [4.78, 5) is 11.9. The summed E-state index contributed by atoms with van der Waals surface area (Å²) in [5.41, 5.74) is 4.21. The highest BCUT2D eigenvalue weighted by molar-refractivity contribution is 5.97. The molecular weight excluding hydrogens is 248 g/mol. The Balaban J connectivity index is 2.33. The van der Waals surface area contributed by atoms with Crippen LogP contribution < -0.4 is 4.74 Å². The summed E-state index contributed by atoms with van der Waals surface area (Å²) in [5, 5.41) is 0. The SMILES string of the molecule is COc1ccc(-c2ccc(C(=O)C(C)C)cc2)c(C)c1. The van der Waals surface area contributed by atoms with Gasteiger partial charge < -0.3 is 4.74 Å². The largest absolute Gasteiger partial charge is 0.497 e. The molecule has 0 unspecified atom stereocenters. The number of benzene rings is 2. The second kappa shape index (κ2) is 5.91. The van der Waals surface area contributed by atoms with E-state index in [0.29, 0.717) is 0 Å². The molecule has 20 heavy (non-hydrogen) atoms. The van der Waals surface area contributed by atoms with Crippen LogP contribution in [-0.2, 0) is 0 Å². The van der Waals surface area contributed by atoms with Gasteiger partial charge >= 0.3 is 0 Å². The highest BCUT2D eigenvalue weighted by Crippen LogP contribution is 2.27. The van der Waals surface area contributed by atoms with Crippen molar-refractivity contribution in [3.8, 4) is 16.9 Å². The molecule has 0 aromatic heterocycles. The zero-order valence-electron chi connectivity index (χ0n) is 12.4. The van der Waals surface area contributed by atoms with Gasteiger partial charge in [0.1, 0.15) is 5.75 Å². The molecule has 0 saturated heterocycles. The topological polar surface area (TPSA) is 26.3 Å². The lowest BCUT2D eigenvalue weighted by molar-refractivity contribution is 0.0939. The number of carbonyl (C=O) groups is 1. The van der Waals surface area contributed by atoms with Crippen LogP contribution in [0.4, 0.5) is 0 Å². The van der Waals surface area contributed by atoms with Gasteiger partial charge in [0.05, 0.1) is 7.11 Å². The zero-order valence-corrected chi connectivity index (χ0v) is 12.4. The van der Waals surface area contributed by atoms with E-state index in [1.807, 2.05) is 56.3 Å². The van der Waals surface area contributed by atoms with Crippen molar-refractivity contribution in [2.45, 2.75) is 20.8 Å². The minimum Gasteiger partial charge on any atom is -0.497 e. The third-order valence-corrected chi connectivity index (χ3v) is 3.44. The fourth-order valence-electron chi connectivity index (χ4n) is 2.23. The molecule has 2 heteroatoms. The normalized spacial score (nSPS) is 10.7. The number of carbonyl (C=O) groups excluding carboxylic acids is 1. The first-order valence-corrected chi connectivity index (χ1v) is 6.82. The van der Waals surface area contributed by atoms with Crippen LogP contribution in [0.25, 0.3) is 11.1 Å². The van der Waals surface area contributed by atoms with Gasteiger partial charge in [0, 0.05) is 11.5 Å². The predicted molar refractivity (Wildman–Crippen MR) is 82.3 cm³/mol. The number of hydrogen-bond donors (Lipinski definition) is 0. The monoisotopic (exact) mass is 268 g/mol. The number of hydrogen-bond acceptors (Lipinski definition) is 2. The van der Waals surface area contributed by atoms with E-state index in [-0.39, 0.29) is 11.7 Å². The molecule has 0 radical (unpaired) electrons. The molecular formula is C18H20O2. The van der Waals surface area contributed by atoms with Crippen LogP contribution >= 0.6 is 0 Å². The van der Waals surface area contributed by atoms with Gasteiger partial charge in [-0.3, -0.25) is 4.79 Å². The summed E-state index contributed by atoms with van der Waals surface area (Å²) in [5.74, 6) is 1.07. The smallest absolute Gasteiger partial charge is 0.165 e. The molecule has 0 aliphatic heterocycles. The van der Waals surface area contributed by atoms with Gasteiger partial charge in [-0.1, -0.05) is 44.2 Å². The maximum atomic E-state index is 11.9. The van der Waals surface area contributed by atoms with Crippen molar-refractivity contribution in [2.75, 3.05) is 7.11 Å². The molecule has 104 valence electrons. The van der Waals surface area contributed by atoms with Crippen molar-refractivity contribution >= 4 is 5.78 Å². The summed E-state index contributed by atoms with van der Waals surface area (Å²) in [6.07, 6.45) is 0. The van der Waals surface area contributed by atoms with Gasteiger partial charge in [-0.15, -0.1) is 0 Å². The summed E-state index contributed by atoms with van der Waals surface area (Å²) in [6, 6.07) is 13.8. The van der Waals surface area contributed by atoms with E-state index in [0.717, 1.165) is 28.0 Å². The lowest BCUT2D eigenvalue weighted by Crippen LogP contribution is -2.06. The lowest BCUT2D eigenvalue weighted by Gasteiger charge is -2.10. The van der Waals surface area contributed by atoms with Crippen LogP contribution in [0.1, 0.15) is 29.8 Å². The highest BCUT2D eigenvalue weighted by atomic mass is 16.5. The second-order valence-electron chi connectivity index (χ2n) is 5.28. The first-order valence-electron chi connectivity index (χ1n) is 6.82. The number of ether oxygens (including phenoxy) is 1. The number of aryl methyl sites for hydroxylation is 1. The molecule has 0 aliphatic rings. The van der Waals surface area contributed by atoms with Crippen molar-refractivity contribution in [1.29, 1.82) is 0 Å². The minimum atomic E-state index is 0.0311. The maximum absolute atomic E-state index is 11.9. The number of methoxy groups -OCH3 is 1. The van der Waals surface area contributed by atoms with Gasteiger partial charge in [0.2, 0.25) is 0 Å². The van der Waals surface area contributed by atoms with Gasteiger partial charge in [-0.25, -0.2) is 0 Å². The van der Waals surface area contributed by atoms with Crippen LogP contribution in [0.15, 0.2) is 42.5 Å². The molecule has 0 bridgehead atoms. The molecule has 2 nitrogen and oxygen atoms in total. The molecule has 0 saturated carbocycles. The molecule has 0 N–H and O–H groups in total. The van der Waals surface area contributed by atoms with Gasteiger partial charge in [0.15, 0.2) is 5.78 Å². The van der Waals surface area contributed by atoms with Crippen molar-refractivity contribution < 1.29 is 9.53 Å². The van der Waals surface area contributed by atoms with E-state index in [1.165, 1.54) is 0 Å². The highest BCUT2D eigenvalue weighted by Gasteiger charge is 2.10. The van der Waals surface area contributed by atoms with Gasteiger partial charge in [0.25, 0.3) is 0 Å². The quantitative estimate of drug-likeness (QED) is 0.763. The van der Waals surface area contributed by atoms with Crippen molar-refractivity contribution in [2.24, 2.45) is 5.92 Å². The summed E-state index contributed by atoms with van der Waals surface area (Å²) >= 11 is 0. The van der Waals surface area contributed by atoms with Gasteiger partial charge in [-0.05, 0) is 35.7 Å². The van der Waals surface area contributed by atoms with E-state index in [2.05, 4.69) is 6.92 Å². The molecule has 0 amide bonds. The fourth-order valence-corrected chi connectivity index (χ4v) is 2.23. The fraction of sp³-hybridized carbons (Fsp3) is 0.278. The van der Waals surface area contributed by atoms with E-state index in [1.54, 1.807) is 7.11 Å². The average molecular weight is 268 g/mol. The lowest BCUT2D eigenvalue weighted by atomic mass is 9.96. The second-order valence-corrected chi connectivity index (χ2v) is 5.28. The third kappa shape index (κ3) is 2.90. The summed E-state index contributed by atoms with van der Waals surface area (Å²) in [7, 11) is 1.67.